The normalized spacial score (nSPS) is 12.1. The lowest BCUT2D eigenvalue weighted by Gasteiger charge is -2.21. The molecule has 5 heteroatoms. The van der Waals surface area contributed by atoms with Crippen molar-refractivity contribution in [3.05, 3.63) is 28.2 Å². The van der Waals surface area contributed by atoms with Gasteiger partial charge in [-0.15, -0.1) is 0 Å². The number of halogens is 1. The molecule has 1 unspecified atom stereocenters. The Morgan fingerprint density at radius 3 is 2.80 bits per heavy atom. The highest BCUT2D eigenvalue weighted by atomic mass is 79.9. The molecular weight excluding hydrogens is 320 g/mol. The van der Waals surface area contributed by atoms with E-state index >= 15 is 0 Å². The van der Waals surface area contributed by atoms with Crippen LogP contribution >= 0.6 is 15.9 Å². The highest BCUT2D eigenvalue weighted by molar-refractivity contribution is 9.10. The molecule has 112 valence electrons. The molecule has 0 aliphatic rings. The lowest BCUT2D eigenvalue weighted by atomic mass is 10.1. The maximum atomic E-state index is 12.1. The van der Waals surface area contributed by atoms with Crippen LogP contribution in [0.5, 0.6) is 5.75 Å². The van der Waals surface area contributed by atoms with E-state index < -0.39 is 0 Å². The quantitative estimate of drug-likeness (QED) is 0.828. The molecule has 0 bridgehead atoms. The van der Waals surface area contributed by atoms with E-state index in [1.807, 2.05) is 18.2 Å². The van der Waals surface area contributed by atoms with Crippen LogP contribution < -0.4 is 10.5 Å². The van der Waals surface area contributed by atoms with Gasteiger partial charge in [-0.1, -0.05) is 29.3 Å². The second-order valence-electron chi connectivity index (χ2n) is 4.96. The van der Waals surface area contributed by atoms with Crippen LogP contribution in [-0.4, -0.2) is 31.0 Å². The van der Waals surface area contributed by atoms with E-state index in [1.165, 1.54) is 0 Å². The fourth-order valence-electron chi connectivity index (χ4n) is 2.07. The van der Waals surface area contributed by atoms with Gasteiger partial charge in [0.2, 0.25) is 5.91 Å². The van der Waals surface area contributed by atoms with Crippen LogP contribution in [0.1, 0.15) is 31.7 Å². The van der Waals surface area contributed by atoms with Gasteiger partial charge in [-0.3, -0.25) is 4.79 Å². The van der Waals surface area contributed by atoms with Crippen molar-refractivity contribution in [3.8, 4) is 5.75 Å². The van der Waals surface area contributed by atoms with Gasteiger partial charge >= 0.3 is 0 Å². The second-order valence-corrected chi connectivity index (χ2v) is 5.87. The Morgan fingerprint density at radius 2 is 2.20 bits per heavy atom. The van der Waals surface area contributed by atoms with E-state index in [0.717, 1.165) is 28.6 Å². The molecule has 0 fully saturated rings. The summed E-state index contributed by atoms with van der Waals surface area (Å²) in [7, 11) is 3.42. The smallest absolute Gasteiger partial charge is 0.224 e. The summed E-state index contributed by atoms with van der Waals surface area (Å²) in [4.78, 5) is 13.8. The first-order valence-electron chi connectivity index (χ1n) is 6.79. The third-order valence-electron chi connectivity index (χ3n) is 3.17. The Labute approximate surface area is 129 Å². The summed E-state index contributed by atoms with van der Waals surface area (Å²) in [5.41, 5.74) is 6.89. The van der Waals surface area contributed by atoms with Crippen LogP contribution in [0.2, 0.25) is 0 Å². The van der Waals surface area contributed by atoms with Crippen LogP contribution in [0, 0.1) is 0 Å². The van der Waals surface area contributed by atoms with E-state index in [2.05, 4.69) is 22.9 Å². The molecule has 0 aromatic heterocycles. The van der Waals surface area contributed by atoms with Crippen LogP contribution in [0.25, 0.3) is 0 Å². The highest BCUT2D eigenvalue weighted by Crippen LogP contribution is 2.24. The third kappa shape index (κ3) is 5.13. The SMILES string of the molecule is CCCC(N)CC(=O)N(C)Cc1cc(Br)ccc1OC. The Balaban J connectivity index is 2.67. The van der Waals surface area contributed by atoms with Crippen molar-refractivity contribution in [1.82, 2.24) is 4.90 Å². The lowest BCUT2D eigenvalue weighted by molar-refractivity contribution is -0.130. The zero-order chi connectivity index (χ0) is 15.1. The van der Waals surface area contributed by atoms with Gasteiger partial charge < -0.3 is 15.4 Å². The van der Waals surface area contributed by atoms with Gasteiger partial charge in [0, 0.05) is 36.1 Å². The summed E-state index contributed by atoms with van der Waals surface area (Å²) in [5.74, 6) is 0.846. The van der Waals surface area contributed by atoms with Crippen LogP contribution in [0.3, 0.4) is 0 Å². The standard InChI is InChI=1S/C15H23BrN2O2/c1-4-5-13(17)9-15(19)18(2)10-11-8-12(16)6-7-14(11)20-3/h6-8,13H,4-5,9-10,17H2,1-3H3. The van der Waals surface area contributed by atoms with Crippen molar-refractivity contribution in [2.45, 2.75) is 38.8 Å². The molecule has 0 spiro atoms. The van der Waals surface area contributed by atoms with Crippen molar-refractivity contribution < 1.29 is 9.53 Å². The molecule has 4 nitrogen and oxygen atoms in total. The fraction of sp³-hybridized carbons (Fsp3) is 0.533. The molecule has 0 aliphatic heterocycles. The maximum absolute atomic E-state index is 12.1. The number of benzene rings is 1. The second kappa shape index (κ2) is 8.27. The fourth-order valence-corrected chi connectivity index (χ4v) is 2.48. The number of ether oxygens (including phenoxy) is 1. The number of nitrogens with two attached hydrogens (primary N) is 1. The molecule has 0 aliphatic carbocycles. The summed E-state index contributed by atoms with van der Waals surface area (Å²) in [6.07, 6.45) is 2.26. The van der Waals surface area contributed by atoms with Crippen molar-refractivity contribution >= 4 is 21.8 Å². The molecule has 1 rings (SSSR count). The predicted octanol–water partition coefficient (Wildman–Crippen LogP) is 2.93. The van der Waals surface area contributed by atoms with Crippen molar-refractivity contribution in [2.24, 2.45) is 5.73 Å². The minimum atomic E-state index is -0.0562. The number of rotatable bonds is 7. The number of amides is 1. The summed E-state index contributed by atoms with van der Waals surface area (Å²) < 4.78 is 6.29. The van der Waals surface area contributed by atoms with E-state index in [9.17, 15) is 4.79 Å². The largest absolute Gasteiger partial charge is 0.496 e. The average Bonchev–Trinajstić information content (AvgIpc) is 2.39. The van der Waals surface area contributed by atoms with Crippen LogP contribution in [0.4, 0.5) is 0 Å². The number of carbonyl (C=O) groups excluding carboxylic acids is 1. The number of carbonyl (C=O) groups is 1. The molecule has 20 heavy (non-hydrogen) atoms. The minimum absolute atomic E-state index is 0.0562. The van der Waals surface area contributed by atoms with Gasteiger partial charge in [0.05, 0.1) is 7.11 Å². The molecule has 2 N–H and O–H groups in total. The first-order valence-corrected chi connectivity index (χ1v) is 7.59. The number of hydrogen-bond donors (Lipinski definition) is 1. The maximum Gasteiger partial charge on any atom is 0.224 e. The minimum Gasteiger partial charge on any atom is -0.496 e. The van der Waals surface area contributed by atoms with E-state index in [4.69, 9.17) is 10.5 Å². The Bertz CT molecular complexity index is 451. The van der Waals surface area contributed by atoms with Crippen molar-refractivity contribution in [1.29, 1.82) is 0 Å². The molecule has 0 heterocycles. The molecule has 0 radical (unpaired) electrons. The zero-order valence-electron chi connectivity index (χ0n) is 12.4. The molecule has 1 atom stereocenters. The Kier molecular flexibility index (Phi) is 7.02. The molecular formula is C15H23BrN2O2. The monoisotopic (exact) mass is 342 g/mol. The number of hydrogen-bond acceptors (Lipinski definition) is 3. The summed E-state index contributed by atoms with van der Waals surface area (Å²) in [5, 5.41) is 0. The van der Waals surface area contributed by atoms with Gasteiger partial charge in [0.15, 0.2) is 0 Å². The van der Waals surface area contributed by atoms with Gasteiger partial charge in [-0.25, -0.2) is 0 Å². The van der Waals surface area contributed by atoms with E-state index in [1.54, 1.807) is 19.1 Å². The molecule has 0 saturated carbocycles. The van der Waals surface area contributed by atoms with Gasteiger partial charge in [-0.05, 0) is 24.6 Å². The first-order chi connectivity index (χ1) is 9.47. The lowest BCUT2D eigenvalue weighted by Crippen LogP contribution is -2.33. The molecule has 1 aromatic carbocycles. The Morgan fingerprint density at radius 1 is 1.50 bits per heavy atom. The predicted molar refractivity (Wildman–Crippen MR) is 84.7 cm³/mol. The topological polar surface area (TPSA) is 55.6 Å². The molecule has 1 aromatic rings. The highest BCUT2D eigenvalue weighted by Gasteiger charge is 2.15. The molecule has 0 saturated heterocycles. The van der Waals surface area contributed by atoms with Crippen molar-refractivity contribution in [2.75, 3.05) is 14.2 Å². The van der Waals surface area contributed by atoms with Crippen LogP contribution in [-0.2, 0) is 11.3 Å². The third-order valence-corrected chi connectivity index (χ3v) is 3.67. The van der Waals surface area contributed by atoms with E-state index in [-0.39, 0.29) is 11.9 Å². The van der Waals surface area contributed by atoms with Crippen LogP contribution in [0.15, 0.2) is 22.7 Å². The van der Waals surface area contributed by atoms with Gasteiger partial charge in [0.25, 0.3) is 0 Å². The summed E-state index contributed by atoms with van der Waals surface area (Å²) in [6.45, 7) is 2.58. The number of methoxy groups -OCH3 is 1. The molecule has 1 amide bonds. The summed E-state index contributed by atoms with van der Waals surface area (Å²) >= 11 is 3.43. The number of nitrogens with zero attached hydrogens (tertiary/aromatic N) is 1. The zero-order valence-corrected chi connectivity index (χ0v) is 13.9. The first kappa shape index (κ1) is 17.0. The summed E-state index contributed by atoms with van der Waals surface area (Å²) in [6, 6.07) is 5.72. The van der Waals surface area contributed by atoms with Gasteiger partial charge in [0.1, 0.15) is 5.75 Å². The van der Waals surface area contributed by atoms with E-state index in [0.29, 0.717) is 13.0 Å². The Hall–Kier alpha value is -1.07. The average molecular weight is 343 g/mol. The van der Waals surface area contributed by atoms with Gasteiger partial charge in [-0.2, -0.15) is 0 Å². The van der Waals surface area contributed by atoms with Crippen molar-refractivity contribution in [3.63, 3.8) is 0 Å².